The highest BCUT2D eigenvalue weighted by atomic mass is 16.4. The molecule has 3 rings (SSSR count). The minimum atomic E-state index is 0.613. The van der Waals surface area contributed by atoms with Crippen LogP contribution < -0.4 is 4.90 Å². The van der Waals surface area contributed by atoms with Crippen LogP contribution in [0.4, 0.5) is 11.7 Å². The average Bonchev–Trinajstić information content (AvgIpc) is 2.81. The Bertz CT molecular complexity index is 673. The molecule has 0 radical (unpaired) electrons. The third-order valence-corrected chi connectivity index (χ3v) is 2.96. The van der Waals surface area contributed by atoms with E-state index >= 15 is 0 Å². The van der Waals surface area contributed by atoms with E-state index in [1.54, 1.807) is 0 Å². The molecular formula is C15H14N2O. The van der Waals surface area contributed by atoms with E-state index in [0.29, 0.717) is 6.01 Å². The molecule has 0 fully saturated rings. The van der Waals surface area contributed by atoms with Crippen LogP contribution in [0, 0.1) is 6.92 Å². The lowest BCUT2D eigenvalue weighted by Crippen LogP contribution is -2.09. The highest BCUT2D eigenvalue weighted by Crippen LogP contribution is 2.26. The van der Waals surface area contributed by atoms with E-state index in [2.05, 4.69) is 11.9 Å². The SMILES string of the molecule is Cc1ccc2oc(N(C)c3ccccc3)nc2c1. The maximum Gasteiger partial charge on any atom is 0.302 e. The van der Waals surface area contributed by atoms with E-state index in [9.17, 15) is 0 Å². The van der Waals surface area contributed by atoms with Gasteiger partial charge in [0.05, 0.1) is 0 Å². The standard InChI is InChI=1S/C15H14N2O/c1-11-8-9-14-13(10-11)16-15(18-14)17(2)12-6-4-3-5-7-12/h3-10H,1-2H3. The molecule has 0 N–H and O–H groups in total. The van der Waals surface area contributed by atoms with Crippen molar-refractivity contribution in [2.45, 2.75) is 6.92 Å². The Morgan fingerprint density at radius 1 is 1.06 bits per heavy atom. The molecule has 0 aliphatic carbocycles. The second-order valence-electron chi connectivity index (χ2n) is 4.36. The van der Waals surface area contributed by atoms with Crippen molar-refractivity contribution in [3.63, 3.8) is 0 Å². The van der Waals surface area contributed by atoms with Gasteiger partial charge < -0.3 is 4.42 Å². The number of oxazole rings is 1. The van der Waals surface area contributed by atoms with Gasteiger partial charge in [-0.2, -0.15) is 4.98 Å². The summed E-state index contributed by atoms with van der Waals surface area (Å²) in [6.45, 7) is 2.05. The highest BCUT2D eigenvalue weighted by molar-refractivity contribution is 5.76. The molecule has 90 valence electrons. The number of nitrogens with zero attached hydrogens (tertiary/aromatic N) is 2. The minimum absolute atomic E-state index is 0.613. The first-order valence-corrected chi connectivity index (χ1v) is 5.90. The molecule has 0 saturated heterocycles. The van der Waals surface area contributed by atoms with Crippen molar-refractivity contribution >= 4 is 22.8 Å². The van der Waals surface area contributed by atoms with Gasteiger partial charge in [0, 0.05) is 12.7 Å². The lowest BCUT2D eigenvalue weighted by molar-refractivity contribution is 0.603. The monoisotopic (exact) mass is 238 g/mol. The van der Waals surface area contributed by atoms with Gasteiger partial charge in [-0.05, 0) is 36.8 Å². The summed E-state index contributed by atoms with van der Waals surface area (Å²) in [5.41, 5.74) is 3.96. The van der Waals surface area contributed by atoms with E-state index in [-0.39, 0.29) is 0 Å². The Morgan fingerprint density at radius 2 is 1.83 bits per heavy atom. The number of aryl methyl sites for hydroxylation is 1. The summed E-state index contributed by atoms with van der Waals surface area (Å²) < 4.78 is 5.75. The normalized spacial score (nSPS) is 10.8. The summed E-state index contributed by atoms with van der Waals surface area (Å²) in [6, 6.07) is 16.7. The van der Waals surface area contributed by atoms with Crippen molar-refractivity contribution in [3.05, 3.63) is 54.1 Å². The minimum Gasteiger partial charge on any atom is -0.423 e. The van der Waals surface area contributed by atoms with Gasteiger partial charge in [0.2, 0.25) is 0 Å². The summed E-state index contributed by atoms with van der Waals surface area (Å²) in [7, 11) is 1.95. The number of hydrogen-bond acceptors (Lipinski definition) is 3. The van der Waals surface area contributed by atoms with E-state index in [1.807, 2.05) is 60.5 Å². The number of para-hydroxylation sites is 1. The Morgan fingerprint density at radius 3 is 2.61 bits per heavy atom. The van der Waals surface area contributed by atoms with Gasteiger partial charge in [0.1, 0.15) is 5.52 Å². The molecule has 2 aromatic carbocycles. The lowest BCUT2D eigenvalue weighted by Gasteiger charge is -2.13. The second kappa shape index (κ2) is 4.18. The third-order valence-electron chi connectivity index (χ3n) is 2.96. The van der Waals surface area contributed by atoms with E-state index < -0.39 is 0 Å². The van der Waals surface area contributed by atoms with Crippen molar-refractivity contribution in [3.8, 4) is 0 Å². The number of fused-ring (bicyclic) bond motifs is 1. The first-order chi connectivity index (χ1) is 8.74. The molecule has 3 heteroatoms. The topological polar surface area (TPSA) is 29.3 Å². The van der Waals surface area contributed by atoms with E-state index in [1.165, 1.54) is 5.56 Å². The Hall–Kier alpha value is -2.29. The summed E-state index contributed by atoms with van der Waals surface area (Å²) in [6.07, 6.45) is 0. The van der Waals surface area contributed by atoms with Crippen molar-refractivity contribution in [1.29, 1.82) is 0 Å². The molecule has 3 aromatic rings. The fourth-order valence-corrected chi connectivity index (χ4v) is 1.93. The molecule has 0 aliphatic heterocycles. The summed E-state index contributed by atoms with van der Waals surface area (Å²) in [5, 5.41) is 0. The van der Waals surface area contributed by atoms with Gasteiger partial charge in [-0.15, -0.1) is 0 Å². The van der Waals surface area contributed by atoms with Crippen LogP contribution in [-0.2, 0) is 0 Å². The molecule has 1 aromatic heterocycles. The molecule has 0 unspecified atom stereocenters. The zero-order valence-corrected chi connectivity index (χ0v) is 10.4. The average molecular weight is 238 g/mol. The summed E-state index contributed by atoms with van der Waals surface area (Å²) >= 11 is 0. The maximum atomic E-state index is 5.75. The first kappa shape index (κ1) is 10.8. The predicted molar refractivity (Wildman–Crippen MR) is 73.3 cm³/mol. The van der Waals surface area contributed by atoms with Crippen LogP contribution in [0.2, 0.25) is 0 Å². The number of anilines is 2. The van der Waals surface area contributed by atoms with Crippen molar-refractivity contribution < 1.29 is 4.42 Å². The number of rotatable bonds is 2. The first-order valence-electron chi connectivity index (χ1n) is 5.90. The van der Waals surface area contributed by atoms with E-state index in [0.717, 1.165) is 16.8 Å². The van der Waals surface area contributed by atoms with Crippen LogP contribution >= 0.6 is 0 Å². The van der Waals surface area contributed by atoms with Gasteiger partial charge in [0.25, 0.3) is 0 Å². The molecule has 3 nitrogen and oxygen atoms in total. The van der Waals surface area contributed by atoms with Crippen LogP contribution in [0.1, 0.15) is 5.56 Å². The summed E-state index contributed by atoms with van der Waals surface area (Å²) in [4.78, 5) is 6.45. The van der Waals surface area contributed by atoms with Crippen molar-refractivity contribution in [2.75, 3.05) is 11.9 Å². The van der Waals surface area contributed by atoms with Crippen LogP contribution in [0.25, 0.3) is 11.1 Å². The fraction of sp³-hybridized carbons (Fsp3) is 0.133. The quantitative estimate of drug-likeness (QED) is 0.678. The molecule has 0 bridgehead atoms. The molecule has 1 heterocycles. The number of hydrogen-bond donors (Lipinski definition) is 0. The zero-order valence-electron chi connectivity index (χ0n) is 10.4. The molecule has 0 atom stereocenters. The van der Waals surface area contributed by atoms with Gasteiger partial charge in [-0.25, -0.2) is 0 Å². The van der Waals surface area contributed by atoms with Crippen molar-refractivity contribution in [1.82, 2.24) is 4.98 Å². The molecule has 0 saturated carbocycles. The highest BCUT2D eigenvalue weighted by Gasteiger charge is 2.11. The Kier molecular flexibility index (Phi) is 2.52. The molecule has 0 aliphatic rings. The smallest absolute Gasteiger partial charge is 0.302 e. The van der Waals surface area contributed by atoms with Crippen LogP contribution in [-0.4, -0.2) is 12.0 Å². The van der Waals surface area contributed by atoms with Gasteiger partial charge in [0.15, 0.2) is 5.58 Å². The van der Waals surface area contributed by atoms with Gasteiger partial charge >= 0.3 is 6.01 Å². The largest absolute Gasteiger partial charge is 0.423 e. The summed E-state index contributed by atoms with van der Waals surface area (Å²) in [5.74, 6) is 0. The molecule has 18 heavy (non-hydrogen) atoms. The Labute approximate surface area is 106 Å². The third kappa shape index (κ3) is 1.84. The second-order valence-corrected chi connectivity index (χ2v) is 4.36. The fourth-order valence-electron chi connectivity index (χ4n) is 1.93. The van der Waals surface area contributed by atoms with Crippen LogP contribution in [0.5, 0.6) is 0 Å². The molecular weight excluding hydrogens is 224 g/mol. The van der Waals surface area contributed by atoms with Crippen LogP contribution in [0.15, 0.2) is 52.9 Å². The van der Waals surface area contributed by atoms with Gasteiger partial charge in [-0.3, -0.25) is 4.90 Å². The van der Waals surface area contributed by atoms with Gasteiger partial charge in [-0.1, -0.05) is 24.3 Å². The Balaban J connectivity index is 2.04. The maximum absolute atomic E-state index is 5.75. The number of benzene rings is 2. The zero-order chi connectivity index (χ0) is 12.5. The van der Waals surface area contributed by atoms with E-state index in [4.69, 9.17) is 4.42 Å². The van der Waals surface area contributed by atoms with Crippen molar-refractivity contribution in [2.24, 2.45) is 0 Å². The molecule has 0 amide bonds. The predicted octanol–water partition coefficient (Wildman–Crippen LogP) is 3.90. The number of aromatic nitrogens is 1. The molecule has 0 spiro atoms. The lowest BCUT2D eigenvalue weighted by atomic mass is 10.2. The van der Waals surface area contributed by atoms with Crippen LogP contribution in [0.3, 0.4) is 0 Å².